The number of hydrogen-bond acceptors (Lipinski definition) is 7. The zero-order valence-corrected chi connectivity index (χ0v) is 4.29. The molecule has 7 nitrogen and oxygen atoms in total. The highest BCUT2D eigenvalue weighted by atomic mass is 32.3. The summed E-state index contributed by atoms with van der Waals surface area (Å²) in [5.74, 6) is 4.10. The summed E-state index contributed by atoms with van der Waals surface area (Å²) in [4.78, 5) is 3.12. The lowest BCUT2D eigenvalue weighted by Gasteiger charge is -1.91. The Kier molecular flexibility index (Phi) is 2.82. The van der Waals surface area contributed by atoms with E-state index in [1.807, 2.05) is 0 Å². The van der Waals surface area contributed by atoms with E-state index in [2.05, 4.69) is 19.6 Å². The molecule has 8 heteroatoms. The smallest absolute Gasteiger partial charge is 0.233 e. The molecule has 0 fully saturated rings. The van der Waals surface area contributed by atoms with Crippen molar-refractivity contribution >= 4 is 10.4 Å². The summed E-state index contributed by atoms with van der Waals surface area (Å²) in [5, 5.41) is 7.38. The molecular formula is H3NO6S. The number of rotatable bonds is 3. The molecule has 0 aliphatic heterocycles. The highest BCUT2D eigenvalue weighted by Crippen LogP contribution is 1.88. The van der Waals surface area contributed by atoms with Crippen molar-refractivity contribution in [3.8, 4) is 0 Å². The Hall–Kier alpha value is -0.250. The van der Waals surface area contributed by atoms with E-state index in [0.29, 0.717) is 0 Å². The van der Waals surface area contributed by atoms with Gasteiger partial charge in [-0.1, -0.05) is 8.67 Å². The van der Waals surface area contributed by atoms with Crippen LogP contribution in [-0.4, -0.2) is 13.7 Å². The van der Waals surface area contributed by atoms with Crippen molar-refractivity contribution in [3.63, 3.8) is 0 Å². The van der Waals surface area contributed by atoms with Gasteiger partial charge < -0.3 is 0 Å². The average Bonchev–Trinajstić information content (AvgIpc) is 1.67. The highest BCUT2D eigenvalue weighted by Gasteiger charge is 2.10. The van der Waals surface area contributed by atoms with Gasteiger partial charge in [0, 0.05) is 0 Å². The average molecular weight is 145 g/mol. The van der Waals surface area contributed by atoms with E-state index in [1.54, 1.807) is 0 Å². The largest absolute Gasteiger partial charge is 0.454 e. The lowest BCUT2D eigenvalue weighted by Crippen LogP contribution is -2.11. The molecule has 0 rings (SSSR count). The molecule has 0 atom stereocenters. The molecular weight excluding hydrogens is 142 g/mol. The quantitative estimate of drug-likeness (QED) is 0.369. The van der Waals surface area contributed by atoms with Gasteiger partial charge in [-0.3, -0.25) is 0 Å². The lowest BCUT2D eigenvalue weighted by molar-refractivity contribution is -0.241. The van der Waals surface area contributed by atoms with E-state index >= 15 is 0 Å². The van der Waals surface area contributed by atoms with Gasteiger partial charge in [0.15, 0.2) is 0 Å². The van der Waals surface area contributed by atoms with Crippen molar-refractivity contribution in [1.82, 2.24) is 0 Å². The molecule has 0 heterocycles. The van der Waals surface area contributed by atoms with Gasteiger partial charge in [0.2, 0.25) is 0 Å². The van der Waals surface area contributed by atoms with Crippen LogP contribution < -0.4 is 5.90 Å². The van der Waals surface area contributed by atoms with Crippen LogP contribution in [0.2, 0.25) is 0 Å². The number of hydrogen-bond donors (Lipinski definition) is 2. The molecule has 0 aromatic heterocycles. The summed E-state index contributed by atoms with van der Waals surface area (Å²) in [5.41, 5.74) is 0. The Morgan fingerprint density at radius 3 is 2.12 bits per heavy atom. The van der Waals surface area contributed by atoms with Crippen molar-refractivity contribution in [2.75, 3.05) is 0 Å². The summed E-state index contributed by atoms with van der Waals surface area (Å²) in [6.07, 6.45) is 0. The fourth-order valence-corrected chi connectivity index (χ4v) is 0.182. The van der Waals surface area contributed by atoms with Gasteiger partial charge in [0.05, 0.1) is 0 Å². The molecule has 0 aliphatic carbocycles. The highest BCUT2D eigenvalue weighted by molar-refractivity contribution is 7.81. The van der Waals surface area contributed by atoms with Crippen molar-refractivity contribution < 1.29 is 27.3 Å². The molecule has 0 saturated carbocycles. The van der Waals surface area contributed by atoms with E-state index in [9.17, 15) is 8.42 Å². The molecule has 0 aromatic rings. The maximum Gasteiger partial charge on any atom is 0.454 e. The van der Waals surface area contributed by atoms with E-state index in [0.717, 1.165) is 0 Å². The van der Waals surface area contributed by atoms with E-state index in [4.69, 9.17) is 5.26 Å². The summed E-state index contributed by atoms with van der Waals surface area (Å²) in [6, 6.07) is 0. The summed E-state index contributed by atoms with van der Waals surface area (Å²) in [6.45, 7) is 0. The van der Waals surface area contributed by atoms with Crippen LogP contribution in [0.3, 0.4) is 0 Å². The van der Waals surface area contributed by atoms with Crippen molar-refractivity contribution in [2.45, 2.75) is 0 Å². The first kappa shape index (κ1) is 7.75. The molecule has 0 bridgehead atoms. The zero-order chi connectivity index (χ0) is 6.62. The second-order valence-electron chi connectivity index (χ2n) is 0.647. The van der Waals surface area contributed by atoms with Crippen LogP contribution in [0.5, 0.6) is 0 Å². The fraction of sp³-hybridized carbons (Fsp3) is 0. The molecule has 0 spiro atoms. The van der Waals surface area contributed by atoms with Crippen LogP contribution in [-0.2, 0) is 24.1 Å². The summed E-state index contributed by atoms with van der Waals surface area (Å²) < 4.78 is 25.3. The fourth-order valence-electron chi connectivity index (χ4n) is 0.0605. The standard InChI is InChI=1S/H3NO6S/c1-5-7-8(3,4)6-2/h2H,1H2. The van der Waals surface area contributed by atoms with Gasteiger partial charge in [-0.25, -0.2) is 5.26 Å². The van der Waals surface area contributed by atoms with E-state index in [-0.39, 0.29) is 0 Å². The van der Waals surface area contributed by atoms with Gasteiger partial charge in [-0.05, 0) is 0 Å². The third-order valence-corrected chi connectivity index (χ3v) is 0.642. The molecule has 0 aliphatic rings. The first-order valence-electron chi connectivity index (χ1n) is 1.25. The third-order valence-electron chi connectivity index (χ3n) is 0.214. The number of nitrogens with two attached hydrogens (primary N) is 1. The normalized spacial score (nSPS) is 11.8. The predicted octanol–water partition coefficient (Wildman–Crippen LogP) is -1.46. The maximum atomic E-state index is 9.70. The van der Waals surface area contributed by atoms with Gasteiger partial charge in [0.25, 0.3) is 0 Å². The van der Waals surface area contributed by atoms with Crippen LogP contribution >= 0.6 is 0 Å². The van der Waals surface area contributed by atoms with Crippen molar-refractivity contribution in [1.29, 1.82) is 0 Å². The SMILES string of the molecule is NOOS(=O)(=O)OO. The summed E-state index contributed by atoms with van der Waals surface area (Å²) in [7, 11) is -4.46. The van der Waals surface area contributed by atoms with Gasteiger partial charge in [-0.2, -0.15) is 14.3 Å². The Morgan fingerprint density at radius 2 is 2.00 bits per heavy atom. The molecule has 0 aromatic carbocycles. The van der Waals surface area contributed by atoms with Crippen LogP contribution in [0.1, 0.15) is 0 Å². The summed E-state index contributed by atoms with van der Waals surface area (Å²) >= 11 is 0. The van der Waals surface area contributed by atoms with Crippen LogP contribution in [0.4, 0.5) is 0 Å². The van der Waals surface area contributed by atoms with Gasteiger partial charge >= 0.3 is 10.4 Å². The topological polar surface area (TPSA) is 108 Å². The first-order chi connectivity index (χ1) is 3.62. The van der Waals surface area contributed by atoms with E-state index < -0.39 is 10.4 Å². The first-order valence-corrected chi connectivity index (χ1v) is 2.58. The zero-order valence-electron chi connectivity index (χ0n) is 3.47. The van der Waals surface area contributed by atoms with Crippen LogP contribution in [0.15, 0.2) is 0 Å². The monoisotopic (exact) mass is 145 g/mol. The van der Waals surface area contributed by atoms with Gasteiger partial charge in [0.1, 0.15) is 0 Å². The van der Waals surface area contributed by atoms with Crippen LogP contribution in [0.25, 0.3) is 0 Å². The maximum absolute atomic E-state index is 9.70. The minimum absolute atomic E-state index is 2.72. The molecule has 0 unspecified atom stereocenters. The van der Waals surface area contributed by atoms with Crippen LogP contribution in [0, 0.1) is 0 Å². The predicted molar refractivity (Wildman–Crippen MR) is 19.0 cm³/mol. The molecule has 8 heavy (non-hydrogen) atoms. The molecule has 3 N–H and O–H groups in total. The molecule has 50 valence electrons. The Bertz CT molecular complexity index is 133. The lowest BCUT2D eigenvalue weighted by atomic mass is 13.5. The van der Waals surface area contributed by atoms with E-state index in [1.165, 1.54) is 0 Å². The molecule has 0 amide bonds. The molecule has 0 radical (unpaired) electrons. The second-order valence-corrected chi connectivity index (χ2v) is 1.75. The minimum atomic E-state index is -4.46. The minimum Gasteiger partial charge on any atom is -0.233 e. The third kappa shape index (κ3) is 2.85. The van der Waals surface area contributed by atoms with Crippen molar-refractivity contribution in [2.24, 2.45) is 5.90 Å². The van der Waals surface area contributed by atoms with Gasteiger partial charge in [-0.15, -0.1) is 4.99 Å². The Morgan fingerprint density at radius 1 is 1.50 bits per heavy atom. The van der Waals surface area contributed by atoms with Crippen molar-refractivity contribution in [3.05, 3.63) is 0 Å². The second kappa shape index (κ2) is 2.91. The molecule has 0 saturated heterocycles. The Labute approximate surface area is 44.7 Å². The Balaban J connectivity index is 3.76.